The molecule has 0 aliphatic carbocycles. The molecule has 0 aliphatic rings. The quantitative estimate of drug-likeness (QED) is 0.716. The molecule has 2 amide bonds. The molecule has 1 aromatic heterocycles. The number of hydrogen-bond donors (Lipinski definition) is 2. The summed E-state index contributed by atoms with van der Waals surface area (Å²) in [4.78, 5) is 28.1. The van der Waals surface area contributed by atoms with Crippen molar-refractivity contribution in [3.63, 3.8) is 0 Å². The second-order valence-corrected chi connectivity index (χ2v) is 6.25. The fraction of sp³-hybridized carbons (Fsp3) is 0.350. The third kappa shape index (κ3) is 6.00. The molecule has 0 saturated carbocycles. The molecule has 150 valence electrons. The summed E-state index contributed by atoms with van der Waals surface area (Å²) in [5.74, 6) is 0.273. The number of halogens is 2. The number of carbonyl (C=O) groups is 2. The number of ether oxygens (including phenoxy) is 1. The van der Waals surface area contributed by atoms with E-state index in [0.717, 1.165) is 5.56 Å². The summed E-state index contributed by atoms with van der Waals surface area (Å²) < 4.78 is 29.5. The molecule has 1 unspecified atom stereocenters. The van der Waals surface area contributed by atoms with E-state index in [2.05, 4.69) is 15.6 Å². The Hall–Kier alpha value is -3.03. The molecule has 1 atom stereocenters. The highest BCUT2D eigenvalue weighted by Crippen LogP contribution is 2.21. The van der Waals surface area contributed by atoms with Gasteiger partial charge in [-0.05, 0) is 55.3 Å². The van der Waals surface area contributed by atoms with Gasteiger partial charge in [-0.3, -0.25) is 9.59 Å². The SMILES string of the molecule is CCC(=O)Nc1cc(C(C)NC(=O)c2ccc(OCC(F)F)c(C)c2)ccn1. The average Bonchev–Trinajstić information content (AvgIpc) is 2.66. The standard InChI is InChI=1S/C20H23F2N3O3/c1-4-19(26)25-18-10-14(7-8-23-18)13(3)24-20(27)15-5-6-16(12(2)9-15)28-11-17(21)22/h5-10,13,17H,4,11H2,1-3H3,(H,24,27)(H,23,25,26). The van der Waals surface area contributed by atoms with Gasteiger partial charge in [0.05, 0.1) is 6.04 Å². The Labute approximate surface area is 162 Å². The van der Waals surface area contributed by atoms with Gasteiger partial charge in [-0.25, -0.2) is 13.8 Å². The van der Waals surface area contributed by atoms with Crippen LogP contribution in [0, 0.1) is 6.92 Å². The minimum absolute atomic E-state index is 0.147. The van der Waals surface area contributed by atoms with Crippen LogP contribution in [0.3, 0.4) is 0 Å². The van der Waals surface area contributed by atoms with Crippen molar-refractivity contribution < 1.29 is 23.1 Å². The van der Waals surface area contributed by atoms with E-state index in [1.165, 1.54) is 12.1 Å². The molecule has 28 heavy (non-hydrogen) atoms. The summed E-state index contributed by atoms with van der Waals surface area (Å²) in [5, 5.41) is 5.54. The molecule has 8 heteroatoms. The van der Waals surface area contributed by atoms with E-state index < -0.39 is 13.0 Å². The van der Waals surface area contributed by atoms with Crippen LogP contribution < -0.4 is 15.4 Å². The van der Waals surface area contributed by atoms with Crippen molar-refractivity contribution >= 4 is 17.6 Å². The number of anilines is 1. The number of nitrogens with one attached hydrogen (secondary N) is 2. The molecule has 0 bridgehead atoms. The summed E-state index contributed by atoms with van der Waals surface area (Å²) in [6.07, 6.45) is -0.660. The van der Waals surface area contributed by atoms with Gasteiger partial charge in [-0.2, -0.15) is 0 Å². The van der Waals surface area contributed by atoms with Crippen LogP contribution in [0.1, 0.15) is 47.8 Å². The molecule has 2 rings (SSSR count). The summed E-state index contributed by atoms with van der Waals surface area (Å²) in [6.45, 7) is 4.55. The first kappa shape index (κ1) is 21.3. The Morgan fingerprint density at radius 2 is 1.96 bits per heavy atom. The molecule has 2 aromatic rings. The van der Waals surface area contributed by atoms with Crippen LogP contribution in [-0.2, 0) is 4.79 Å². The third-order valence-corrected chi connectivity index (χ3v) is 4.02. The number of benzene rings is 1. The largest absolute Gasteiger partial charge is 0.487 e. The minimum Gasteiger partial charge on any atom is -0.487 e. The van der Waals surface area contributed by atoms with Gasteiger partial charge < -0.3 is 15.4 Å². The number of aromatic nitrogens is 1. The molecular formula is C20H23F2N3O3. The number of aryl methyl sites for hydroxylation is 1. The highest BCUT2D eigenvalue weighted by Gasteiger charge is 2.14. The maximum atomic E-state index is 12.5. The topological polar surface area (TPSA) is 80.3 Å². The van der Waals surface area contributed by atoms with Gasteiger partial charge >= 0.3 is 0 Å². The van der Waals surface area contributed by atoms with Crippen LogP contribution >= 0.6 is 0 Å². The molecule has 2 N–H and O–H groups in total. The Kier molecular flexibility index (Phi) is 7.43. The van der Waals surface area contributed by atoms with Crippen molar-refractivity contribution in [3.05, 3.63) is 53.2 Å². The van der Waals surface area contributed by atoms with Crippen molar-refractivity contribution in [3.8, 4) is 5.75 Å². The lowest BCUT2D eigenvalue weighted by Crippen LogP contribution is -2.27. The second-order valence-electron chi connectivity index (χ2n) is 6.25. The van der Waals surface area contributed by atoms with E-state index in [9.17, 15) is 18.4 Å². The second kappa shape index (κ2) is 9.77. The first-order valence-electron chi connectivity index (χ1n) is 8.88. The fourth-order valence-corrected chi connectivity index (χ4v) is 2.48. The molecule has 0 aliphatic heterocycles. The van der Waals surface area contributed by atoms with Crippen molar-refractivity contribution in [2.24, 2.45) is 0 Å². The van der Waals surface area contributed by atoms with Crippen molar-refractivity contribution in [2.45, 2.75) is 39.7 Å². The van der Waals surface area contributed by atoms with Crippen LogP contribution in [-0.4, -0.2) is 29.8 Å². The lowest BCUT2D eigenvalue weighted by molar-refractivity contribution is -0.115. The highest BCUT2D eigenvalue weighted by atomic mass is 19.3. The Bertz CT molecular complexity index is 843. The van der Waals surface area contributed by atoms with E-state index in [1.807, 2.05) is 6.92 Å². The fourth-order valence-electron chi connectivity index (χ4n) is 2.48. The van der Waals surface area contributed by atoms with Crippen molar-refractivity contribution in [2.75, 3.05) is 11.9 Å². The van der Waals surface area contributed by atoms with E-state index in [0.29, 0.717) is 29.1 Å². The van der Waals surface area contributed by atoms with E-state index in [1.54, 1.807) is 38.2 Å². The summed E-state index contributed by atoms with van der Waals surface area (Å²) in [7, 11) is 0. The number of rotatable bonds is 8. The zero-order valence-electron chi connectivity index (χ0n) is 16.0. The minimum atomic E-state index is -2.56. The monoisotopic (exact) mass is 391 g/mol. The summed E-state index contributed by atoms with van der Waals surface area (Å²) in [6, 6.07) is 7.73. The first-order chi connectivity index (χ1) is 13.3. The zero-order valence-corrected chi connectivity index (χ0v) is 16.0. The van der Waals surface area contributed by atoms with Gasteiger partial charge in [0.15, 0.2) is 0 Å². The predicted molar refractivity (Wildman–Crippen MR) is 102 cm³/mol. The van der Waals surface area contributed by atoms with Crippen LogP contribution in [0.2, 0.25) is 0 Å². The van der Waals surface area contributed by atoms with Gasteiger partial charge in [0, 0.05) is 18.2 Å². The molecule has 0 radical (unpaired) electrons. The zero-order chi connectivity index (χ0) is 20.7. The van der Waals surface area contributed by atoms with Gasteiger partial charge in [0.2, 0.25) is 5.91 Å². The lowest BCUT2D eigenvalue weighted by atomic mass is 10.1. The van der Waals surface area contributed by atoms with Crippen LogP contribution in [0.15, 0.2) is 36.5 Å². The van der Waals surface area contributed by atoms with Gasteiger partial charge in [-0.1, -0.05) is 6.92 Å². The van der Waals surface area contributed by atoms with Gasteiger partial charge in [0.1, 0.15) is 18.2 Å². The Morgan fingerprint density at radius 3 is 2.61 bits per heavy atom. The Morgan fingerprint density at radius 1 is 1.21 bits per heavy atom. The smallest absolute Gasteiger partial charge is 0.272 e. The Balaban J connectivity index is 2.05. The van der Waals surface area contributed by atoms with Crippen molar-refractivity contribution in [1.29, 1.82) is 0 Å². The number of hydrogen-bond acceptors (Lipinski definition) is 4. The van der Waals surface area contributed by atoms with Crippen LogP contribution in [0.25, 0.3) is 0 Å². The predicted octanol–water partition coefficient (Wildman–Crippen LogP) is 3.87. The van der Waals surface area contributed by atoms with E-state index in [-0.39, 0.29) is 17.9 Å². The molecule has 0 spiro atoms. The maximum Gasteiger partial charge on any atom is 0.272 e. The molecule has 1 aromatic carbocycles. The molecular weight excluding hydrogens is 368 g/mol. The lowest BCUT2D eigenvalue weighted by Gasteiger charge is -2.16. The van der Waals surface area contributed by atoms with E-state index >= 15 is 0 Å². The third-order valence-electron chi connectivity index (χ3n) is 4.02. The number of carbonyl (C=O) groups excluding carboxylic acids is 2. The van der Waals surface area contributed by atoms with E-state index in [4.69, 9.17) is 4.74 Å². The average molecular weight is 391 g/mol. The van der Waals surface area contributed by atoms with Crippen LogP contribution in [0.5, 0.6) is 5.75 Å². The first-order valence-corrected chi connectivity index (χ1v) is 8.88. The number of nitrogens with zero attached hydrogens (tertiary/aromatic N) is 1. The maximum absolute atomic E-state index is 12.5. The summed E-state index contributed by atoms with van der Waals surface area (Å²) >= 11 is 0. The highest BCUT2D eigenvalue weighted by molar-refractivity contribution is 5.95. The van der Waals surface area contributed by atoms with Gasteiger partial charge in [0.25, 0.3) is 12.3 Å². The molecule has 0 fully saturated rings. The number of alkyl halides is 2. The van der Waals surface area contributed by atoms with Crippen molar-refractivity contribution in [1.82, 2.24) is 10.3 Å². The molecule has 6 nitrogen and oxygen atoms in total. The number of amides is 2. The normalized spacial score (nSPS) is 11.8. The molecule has 0 saturated heterocycles. The van der Waals surface area contributed by atoms with Gasteiger partial charge in [-0.15, -0.1) is 0 Å². The number of pyridine rings is 1. The summed E-state index contributed by atoms with van der Waals surface area (Å²) in [5.41, 5.74) is 1.76. The molecule has 1 heterocycles. The van der Waals surface area contributed by atoms with Crippen LogP contribution in [0.4, 0.5) is 14.6 Å².